The molecule has 0 saturated heterocycles. The van der Waals surface area contributed by atoms with E-state index in [4.69, 9.17) is 33.4 Å². The van der Waals surface area contributed by atoms with E-state index in [0.29, 0.717) is 27.0 Å². The molecular formula is C15H10Cl2N2O2. The largest absolute Gasteiger partial charge is 0.451 e. The molecule has 0 atom stereocenters. The van der Waals surface area contributed by atoms with E-state index in [9.17, 15) is 4.79 Å². The van der Waals surface area contributed by atoms with Gasteiger partial charge in [0.2, 0.25) is 0 Å². The summed E-state index contributed by atoms with van der Waals surface area (Å²) < 4.78 is 5.48. The highest BCUT2D eigenvalue weighted by molar-refractivity contribution is 6.36. The van der Waals surface area contributed by atoms with Crippen LogP contribution in [0.2, 0.25) is 10.0 Å². The maximum atomic E-state index is 12.2. The van der Waals surface area contributed by atoms with Crippen LogP contribution in [0.25, 0.3) is 11.0 Å². The molecule has 1 aromatic heterocycles. The van der Waals surface area contributed by atoms with Crippen molar-refractivity contribution in [1.82, 2.24) is 0 Å². The van der Waals surface area contributed by atoms with Crippen molar-refractivity contribution in [2.45, 2.75) is 0 Å². The molecule has 0 bridgehead atoms. The number of fused-ring (bicyclic) bond motifs is 1. The second-order valence-corrected chi connectivity index (χ2v) is 5.33. The molecule has 0 aliphatic rings. The number of nitrogens with two attached hydrogens (primary N) is 1. The summed E-state index contributed by atoms with van der Waals surface area (Å²) in [5.41, 5.74) is 7.36. The van der Waals surface area contributed by atoms with Crippen LogP contribution >= 0.6 is 23.2 Å². The first-order chi connectivity index (χ1) is 10.0. The van der Waals surface area contributed by atoms with Crippen LogP contribution in [0.4, 0.5) is 11.4 Å². The molecular weight excluding hydrogens is 311 g/mol. The number of nitrogen functional groups attached to an aromatic ring is 1. The molecule has 3 aromatic rings. The molecule has 3 rings (SSSR count). The summed E-state index contributed by atoms with van der Waals surface area (Å²) >= 11 is 11.8. The number of carbonyl (C=O) groups is 1. The van der Waals surface area contributed by atoms with Crippen molar-refractivity contribution in [3.8, 4) is 0 Å². The Labute approximate surface area is 130 Å². The molecule has 0 aliphatic carbocycles. The molecule has 0 saturated carbocycles. The van der Waals surface area contributed by atoms with Gasteiger partial charge >= 0.3 is 0 Å². The Kier molecular flexibility index (Phi) is 3.49. The number of benzene rings is 2. The summed E-state index contributed by atoms with van der Waals surface area (Å²) in [6, 6.07) is 11.6. The lowest BCUT2D eigenvalue weighted by molar-refractivity contribution is 0.0998. The van der Waals surface area contributed by atoms with Gasteiger partial charge in [-0.1, -0.05) is 23.2 Å². The minimum Gasteiger partial charge on any atom is -0.451 e. The third-order valence-electron chi connectivity index (χ3n) is 2.94. The lowest BCUT2D eigenvalue weighted by Gasteiger charge is -2.05. The van der Waals surface area contributed by atoms with Crippen LogP contribution in [0, 0.1) is 0 Å². The second kappa shape index (κ2) is 5.31. The summed E-state index contributed by atoms with van der Waals surface area (Å²) in [6.45, 7) is 0. The fourth-order valence-electron chi connectivity index (χ4n) is 1.95. The van der Waals surface area contributed by atoms with Crippen molar-refractivity contribution in [1.29, 1.82) is 0 Å². The first kappa shape index (κ1) is 13.8. The molecule has 0 radical (unpaired) electrons. The van der Waals surface area contributed by atoms with Gasteiger partial charge in [0.15, 0.2) is 5.76 Å². The van der Waals surface area contributed by atoms with Crippen LogP contribution in [0.15, 0.2) is 46.9 Å². The van der Waals surface area contributed by atoms with Crippen molar-refractivity contribution in [3.05, 3.63) is 58.3 Å². The third kappa shape index (κ3) is 2.82. The first-order valence-corrected chi connectivity index (χ1v) is 6.84. The lowest BCUT2D eigenvalue weighted by atomic mass is 10.2. The zero-order valence-corrected chi connectivity index (χ0v) is 12.2. The van der Waals surface area contributed by atoms with Crippen molar-refractivity contribution in [2.75, 3.05) is 11.1 Å². The summed E-state index contributed by atoms with van der Waals surface area (Å²) in [7, 11) is 0. The molecule has 4 nitrogen and oxygen atoms in total. The van der Waals surface area contributed by atoms with Gasteiger partial charge in [0, 0.05) is 16.1 Å². The van der Waals surface area contributed by atoms with Crippen molar-refractivity contribution in [3.63, 3.8) is 0 Å². The van der Waals surface area contributed by atoms with E-state index < -0.39 is 5.91 Å². The minimum atomic E-state index is -0.394. The van der Waals surface area contributed by atoms with E-state index >= 15 is 0 Å². The normalized spacial score (nSPS) is 10.8. The highest BCUT2D eigenvalue weighted by atomic mass is 35.5. The standard InChI is InChI=1S/C15H10Cl2N2O2/c16-9-1-3-12(11(17)7-9)19-15(20)14-6-8-5-10(18)2-4-13(8)21-14/h1-7H,18H2,(H,19,20). The fraction of sp³-hybridized carbons (Fsp3) is 0. The monoisotopic (exact) mass is 320 g/mol. The highest BCUT2D eigenvalue weighted by Gasteiger charge is 2.14. The number of amides is 1. The Hall–Kier alpha value is -2.17. The van der Waals surface area contributed by atoms with Gasteiger partial charge in [0.05, 0.1) is 10.7 Å². The van der Waals surface area contributed by atoms with Crippen molar-refractivity contribution >= 4 is 51.5 Å². The number of rotatable bonds is 2. The average molecular weight is 321 g/mol. The number of nitrogens with one attached hydrogen (secondary N) is 1. The molecule has 6 heteroatoms. The lowest BCUT2D eigenvalue weighted by Crippen LogP contribution is -2.11. The molecule has 1 heterocycles. The predicted octanol–water partition coefficient (Wildman–Crippen LogP) is 4.57. The Morgan fingerprint density at radius 2 is 1.90 bits per heavy atom. The van der Waals surface area contributed by atoms with Crippen LogP contribution in [0.3, 0.4) is 0 Å². The van der Waals surface area contributed by atoms with Gasteiger partial charge in [0.25, 0.3) is 5.91 Å². The molecule has 0 spiro atoms. The average Bonchev–Trinajstić information content (AvgIpc) is 2.85. The maximum absolute atomic E-state index is 12.2. The first-order valence-electron chi connectivity index (χ1n) is 6.08. The molecule has 106 valence electrons. The number of anilines is 2. The summed E-state index contributed by atoms with van der Waals surface area (Å²) in [6.07, 6.45) is 0. The number of carbonyl (C=O) groups excluding carboxylic acids is 1. The number of hydrogen-bond acceptors (Lipinski definition) is 3. The fourth-order valence-corrected chi connectivity index (χ4v) is 2.40. The molecule has 21 heavy (non-hydrogen) atoms. The van der Waals surface area contributed by atoms with Gasteiger partial charge in [-0.2, -0.15) is 0 Å². The second-order valence-electron chi connectivity index (χ2n) is 4.49. The van der Waals surface area contributed by atoms with Crippen molar-refractivity contribution in [2.24, 2.45) is 0 Å². The van der Waals surface area contributed by atoms with E-state index in [0.717, 1.165) is 5.39 Å². The highest BCUT2D eigenvalue weighted by Crippen LogP contribution is 2.27. The molecule has 0 fully saturated rings. The van der Waals surface area contributed by atoms with Gasteiger partial charge < -0.3 is 15.5 Å². The van der Waals surface area contributed by atoms with Crippen molar-refractivity contribution < 1.29 is 9.21 Å². The Balaban J connectivity index is 1.89. The van der Waals surface area contributed by atoms with Gasteiger partial charge in [-0.3, -0.25) is 4.79 Å². The number of hydrogen-bond donors (Lipinski definition) is 2. The third-order valence-corrected chi connectivity index (χ3v) is 3.49. The van der Waals surface area contributed by atoms with Gasteiger partial charge in [-0.15, -0.1) is 0 Å². The van der Waals surface area contributed by atoms with Gasteiger partial charge in [-0.25, -0.2) is 0 Å². The van der Waals surface area contributed by atoms with E-state index in [-0.39, 0.29) is 5.76 Å². The minimum absolute atomic E-state index is 0.182. The van der Waals surface area contributed by atoms with E-state index in [1.165, 1.54) is 0 Å². The SMILES string of the molecule is Nc1ccc2oc(C(=O)Nc3ccc(Cl)cc3Cl)cc2c1. The predicted molar refractivity (Wildman–Crippen MR) is 85.0 cm³/mol. The smallest absolute Gasteiger partial charge is 0.291 e. The van der Waals surface area contributed by atoms with E-state index in [1.807, 2.05) is 0 Å². The summed E-state index contributed by atoms with van der Waals surface area (Å²) in [5, 5.41) is 4.30. The van der Waals surface area contributed by atoms with E-state index in [1.54, 1.807) is 42.5 Å². The zero-order chi connectivity index (χ0) is 15.0. The molecule has 3 N–H and O–H groups in total. The zero-order valence-electron chi connectivity index (χ0n) is 10.7. The summed E-state index contributed by atoms with van der Waals surface area (Å²) in [5.74, 6) is -0.212. The Morgan fingerprint density at radius 1 is 1.10 bits per heavy atom. The van der Waals surface area contributed by atoms with Crippen LogP contribution in [0.1, 0.15) is 10.6 Å². The van der Waals surface area contributed by atoms with Crippen LogP contribution in [-0.4, -0.2) is 5.91 Å². The van der Waals surface area contributed by atoms with Gasteiger partial charge in [-0.05, 0) is 42.5 Å². The topological polar surface area (TPSA) is 68.3 Å². The molecule has 0 unspecified atom stereocenters. The number of halogens is 2. The van der Waals surface area contributed by atoms with Crippen LogP contribution < -0.4 is 11.1 Å². The summed E-state index contributed by atoms with van der Waals surface area (Å²) in [4.78, 5) is 12.2. The Bertz CT molecular complexity index is 843. The molecule has 0 aliphatic heterocycles. The van der Waals surface area contributed by atoms with E-state index in [2.05, 4.69) is 5.32 Å². The van der Waals surface area contributed by atoms with Gasteiger partial charge in [0.1, 0.15) is 5.58 Å². The molecule has 2 aromatic carbocycles. The Morgan fingerprint density at radius 3 is 2.67 bits per heavy atom. The quantitative estimate of drug-likeness (QED) is 0.679. The maximum Gasteiger partial charge on any atom is 0.291 e. The molecule has 1 amide bonds. The number of furan rings is 1. The van der Waals surface area contributed by atoms with Crippen LogP contribution in [0.5, 0.6) is 0 Å². The van der Waals surface area contributed by atoms with Crippen LogP contribution in [-0.2, 0) is 0 Å².